The molecule has 1 saturated carbocycles. The Hall–Kier alpha value is -1.06. The van der Waals surface area contributed by atoms with Gasteiger partial charge in [-0.1, -0.05) is 5.16 Å². The Balaban J connectivity index is 2.58. The summed E-state index contributed by atoms with van der Waals surface area (Å²) in [7, 11) is 1.41. The molecule has 0 saturated heterocycles. The van der Waals surface area contributed by atoms with Gasteiger partial charge in [0.15, 0.2) is 0 Å². The number of rotatable bonds is 3. The van der Waals surface area contributed by atoms with E-state index in [9.17, 15) is 4.79 Å². The van der Waals surface area contributed by atoms with Crippen LogP contribution in [-0.4, -0.2) is 18.7 Å². The third-order valence-electron chi connectivity index (χ3n) is 1.41. The van der Waals surface area contributed by atoms with Crippen LogP contribution in [0.3, 0.4) is 0 Å². The van der Waals surface area contributed by atoms with Crippen LogP contribution in [0, 0.1) is 5.92 Å². The first-order valence-electron chi connectivity index (χ1n) is 3.16. The van der Waals surface area contributed by atoms with Gasteiger partial charge in [-0.05, 0) is 12.8 Å². The van der Waals surface area contributed by atoms with E-state index in [1.807, 2.05) is 0 Å². The molecule has 4 nitrogen and oxygen atoms in total. The van der Waals surface area contributed by atoms with Crippen LogP contribution >= 0.6 is 0 Å². The van der Waals surface area contributed by atoms with Gasteiger partial charge in [0, 0.05) is 5.92 Å². The van der Waals surface area contributed by atoms with Crippen molar-refractivity contribution >= 4 is 11.6 Å². The summed E-state index contributed by atoms with van der Waals surface area (Å²) in [5.41, 5.74) is 5.39. The topological polar surface area (TPSA) is 64.7 Å². The smallest absolute Gasteiger partial charge is 0.266 e. The highest BCUT2D eigenvalue weighted by Crippen LogP contribution is 2.30. The fraction of sp³-hybridized carbons (Fsp3) is 0.667. The molecule has 1 amide bonds. The molecule has 2 N–H and O–H groups in total. The first kappa shape index (κ1) is 7.05. The summed E-state index contributed by atoms with van der Waals surface area (Å²) in [6.45, 7) is 0. The van der Waals surface area contributed by atoms with Crippen molar-refractivity contribution in [3.8, 4) is 0 Å². The van der Waals surface area contributed by atoms with Crippen molar-refractivity contribution in [2.24, 2.45) is 16.8 Å². The first-order valence-corrected chi connectivity index (χ1v) is 3.16. The maximum Gasteiger partial charge on any atom is 0.266 e. The summed E-state index contributed by atoms with van der Waals surface area (Å²) in [4.78, 5) is 15.0. The molecule has 0 radical (unpaired) electrons. The normalized spacial score (nSPS) is 18.7. The molecule has 10 heavy (non-hydrogen) atoms. The summed E-state index contributed by atoms with van der Waals surface area (Å²) >= 11 is 0. The van der Waals surface area contributed by atoms with Gasteiger partial charge in [-0.3, -0.25) is 4.79 Å². The number of oxime groups is 1. The second-order valence-electron chi connectivity index (χ2n) is 2.30. The van der Waals surface area contributed by atoms with Crippen LogP contribution in [-0.2, 0) is 9.63 Å². The molecule has 56 valence electrons. The third kappa shape index (κ3) is 1.46. The van der Waals surface area contributed by atoms with E-state index in [0.29, 0.717) is 5.71 Å². The van der Waals surface area contributed by atoms with E-state index in [0.717, 1.165) is 12.8 Å². The lowest BCUT2D eigenvalue weighted by Gasteiger charge is -1.95. The van der Waals surface area contributed by atoms with Crippen molar-refractivity contribution in [1.29, 1.82) is 0 Å². The summed E-state index contributed by atoms with van der Waals surface area (Å²) in [5.74, 6) is -0.207. The van der Waals surface area contributed by atoms with Crippen LogP contribution < -0.4 is 5.73 Å². The van der Waals surface area contributed by atoms with Crippen molar-refractivity contribution in [2.45, 2.75) is 12.8 Å². The van der Waals surface area contributed by atoms with E-state index in [1.165, 1.54) is 7.11 Å². The van der Waals surface area contributed by atoms with Gasteiger partial charge in [0.05, 0.1) is 0 Å². The number of nitrogens with two attached hydrogens (primary N) is 1. The predicted octanol–water partition coefficient (Wildman–Crippen LogP) is -0.116. The Morgan fingerprint density at radius 2 is 2.30 bits per heavy atom. The SMILES string of the molecule is CO/N=C(\C(N)=O)C1CC1. The second kappa shape index (κ2) is 2.68. The fourth-order valence-electron chi connectivity index (χ4n) is 0.776. The van der Waals surface area contributed by atoms with E-state index in [2.05, 4.69) is 9.99 Å². The van der Waals surface area contributed by atoms with E-state index in [4.69, 9.17) is 5.73 Å². The van der Waals surface area contributed by atoms with Gasteiger partial charge in [0.2, 0.25) is 0 Å². The first-order chi connectivity index (χ1) is 4.75. The molecule has 1 fully saturated rings. The molecule has 0 unspecified atom stereocenters. The quantitative estimate of drug-likeness (QED) is 0.441. The molecule has 1 rings (SSSR count). The average molecular weight is 142 g/mol. The van der Waals surface area contributed by atoms with Gasteiger partial charge < -0.3 is 10.6 Å². The maximum atomic E-state index is 10.6. The molecule has 1 aliphatic carbocycles. The van der Waals surface area contributed by atoms with Crippen LogP contribution in [0.25, 0.3) is 0 Å². The summed E-state index contributed by atoms with van der Waals surface area (Å²) < 4.78 is 0. The highest BCUT2D eigenvalue weighted by atomic mass is 16.6. The van der Waals surface area contributed by atoms with Crippen LogP contribution in [0.15, 0.2) is 5.16 Å². The maximum absolute atomic E-state index is 10.6. The third-order valence-corrected chi connectivity index (χ3v) is 1.41. The molecule has 0 heterocycles. The number of amides is 1. The molecule has 0 aliphatic heterocycles. The molecule has 0 spiro atoms. The Morgan fingerprint density at radius 1 is 1.70 bits per heavy atom. The number of carbonyl (C=O) groups is 1. The summed E-state index contributed by atoms with van der Waals surface area (Å²) in [6, 6.07) is 0. The molecule has 1 aliphatic rings. The van der Waals surface area contributed by atoms with Gasteiger partial charge in [-0.15, -0.1) is 0 Å². The van der Waals surface area contributed by atoms with Crippen molar-refractivity contribution in [3.63, 3.8) is 0 Å². The van der Waals surface area contributed by atoms with Crippen LogP contribution in [0.5, 0.6) is 0 Å². The van der Waals surface area contributed by atoms with Crippen molar-refractivity contribution < 1.29 is 9.63 Å². The predicted molar refractivity (Wildman–Crippen MR) is 36.4 cm³/mol. The Labute approximate surface area is 59.0 Å². The van der Waals surface area contributed by atoms with Crippen molar-refractivity contribution in [1.82, 2.24) is 0 Å². The van der Waals surface area contributed by atoms with E-state index in [1.54, 1.807) is 0 Å². The highest BCUT2D eigenvalue weighted by molar-refractivity contribution is 6.39. The van der Waals surface area contributed by atoms with Gasteiger partial charge in [-0.25, -0.2) is 0 Å². The number of primary amides is 1. The Bertz CT molecular complexity index is 173. The number of hydrogen-bond donors (Lipinski definition) is 1. The van der Waals surface area contributed by atoms with Gasteiger partial charge in [-0.2, -0.15) is 0 Å². The average Bonchev–Trinajstić information content (AvgIpc) is 2.63. The summed E-state index contributed by atoms with van der Waals surface area (Å²) in [6.07, 6.45) is 2.01. The molecule has 0 bridgehead atoms. The highest BCUT2D eigenvalue weighted by Gasteiger charge is 2.31. The minimum atomic E-state index is -0.468. The van der Waals surface area contributed by atoms with E-state index >= 15 is 0 Å². The zero-order valence-corrected chi connectivity index (χ0v) is 5.83. The Morgan fingerprint density at radius 3 is 2.60 bits per heavy atom. The Kier molecular flexibility index (Phi) is 1.89. The molecule has 0 aromatic rings. The lowest BCUT2D eigenvalue weighted by molar-refractivity contribution is -0.112. The van der Waals surface area contributed by atoms with Gasteiger partial charge in [0.1, 0.15) is 12.8 Å². The molecular weight excluding hydrogens is 132 g/mol. The summed E-state index contributed by atoms with van der Waals surface area (Å²) in [5, 5.41) is 3.53. The van der Waals surface area contributed by atoms with Crippen LogP contribution in [0.4, 0.5) is 0 Å². The zero-order chi connectivity index (χ0) is 7.56. The van der Waals surface area contributed by atoms with Crippen molar-refractivity contribution in [2.75, 3.05) is 7.11 Å². The number of carbonyl (C=O) groups excluding carboxylic acids is 1. The molecule has 0 atom stereocenters. The molecular formula is C6H10N2O2. The minimum absolute atomic E-state index is 0.262. The minimum Gasteiger partial charge on any atom is -0.399 e. The fourth-order valence-corrected chi connectivity index (χ4v) is 0.776. The number of hydrogen-bond acceptors (Lipinski definition) is 3. The standard InChI is InChI=1S/C6H10N2O2/c1-10-8-5(6(7)9)4-2-3-4/h4H,2-3H2,1H3,(H2,7,9)/b8-5-. The van der Waals surface area contributed by atoms with E-state index in [-0.39, 0.29) is 5.92 Å². The van der Waals surface area contributed by atoms with Gasteiger partial charge >= 0.3 is 0 Å². The van der Waals surface area contributed by atoms with Crippen LogP contribution in [0.2, 0.25) is 0 Å². The lowest BCUT2D eigenvalue weighted by atomic mass is 10.2. The van der Waals surface area contributed by atoms with Crippen molar-refractivity contribution in [3.05, 3.63) is 0 Å². The largest absolute Gasteiger partial charge is 0.399 e. The monoisotopic (exact) mass is 142 g/mol. The lowest BCUT2D eigenvalue weighted by Crippen LogP contribution is -2.25. The molecule has 0 aromatic heterocycles. The molecule has 4 heteroatoms. The van der Waals surface area contributed by atoms with Crippen LogP contribution in [0.1, 0.15) is 12.8 Å². The van der Waals surface area contributed by atoms with Gasteiger partial charge in [0.25, 0.3) is 5.91 Å². The van der Waals surface area contributed by atoms with E-state index < -0.39 is 5.91 Å². The second-order valence-corrected chi connectivity index (χ2v) is 2.30. The zero-order valence-electron chi connectivity index (χ0n) is 5.83. The number of nitrogens with zero attached hydrogens (tertiary/aromatic N) is 1. The molecule has 0 aromatic carbocycles.